The van der Waals surface area contributed by atoms with Crippen LogP contribution in [0, 0.1) is 0 Å². The van der Waals surface area contributed by atoms with E-state index in [1.807, 2.05) is 66.7 Å². The molecule has 168 valence electrons. The average molecular weight is 460 g/mol. The van der Waals surface area contributed by atoms with Gasteiger partial charge < -0.3 is 10.1 Å². The van der Waals surface area contributed by atoms with E-state index in [1.165, 1.54) is 11.8 Å². The molecule has 0 bridgehead atoms. The number of nitrogens with one attached hydrogen (secondary N) is 1. The number of hydrogen-bond acceptors (Lipinski definition) is 5. The summed E-state index contributed by atoms with van der Waals surface area (Å²) in [5, 5.41) is 2.87. The van der Waals surface area contributed by atoms with Gasteiger partial charge in [0, 0.05) is 24.7 Å². The first-order chi connectivity index (χ1) is 16.1. The van der Waals surface area contributed by atoms with Crippen molar-refractivity contribution in [3.05, 3.63) is 90.5 Å². The largest absolute Gasteiger partial charge is 0.497 e. The molecule has 6 nitrogen and oxygen atoms in total. The average Bonchev–Trinajstić information content (AvgIpc) is 2.85. The Morgan fingerprint density at radius 3 is 2.52 bits per heavy atom. The molecule has 33 heavy (non-hydrogen) atoms. The molecule has 1 saturated heterocycles. The summed E-state index contributed by atoms with van der Waals surface area (Å²) in [7, 11) is 1.58. The second-order valence-corrected chi connectivity index (χ2v) is 8.71. The number of amidine groups is 1. The summed E-state index contributed by atoms with van der Waals surface area (Å²) in [5.74, 6) is 0.314. The van der Waals surface area contributed by atoms with Crippen molar-refractivity contribution in [1.29, 1.82) is 0 Å². The molecule has 3 aromatic carbocycles. The zero-order valence-corrected chi connectivity index (χ0v) is 19.1. The number of carbonyl (C=O) groups excluding carboxylic acids is 2. The fraction of sp³-hybridized carbons (Fsp3) is 0.192. The number of hydrogen-bond donors (Lipinski definition) is 1. The van der Waals surface area contributed by atoms with Crippen LogP contribution in [0.3, 0.4) is 0 Å². The smallest absolute Gasteiger partial charge is 0.238 e. The molecule has 0 aromatic heterocycles. The minimum Gasteiger partial charge on any atom is -0.497 e. The Labute approximate surface area is 197 Å². The van der Waals surface area contributed by atoms with E-state index < -0.39 is 5.25 Å². The Hall–Kier alpha value is -3.58. The van der Waals surface area contributed by atoms with Gasteiger partial charge in [-0.15, -0.1) is 0 Å². The second-order valence-electron chi connectivity index (χ2n) is 7.54. The lowest BCUT2D eigenvalue weighted by Gasteiger charge is -2.32. The van der Waals surface area contributed by atoms with Gasteiger partial charge in [0.2, 0.25) is 11.8 Å². The number of rotatable bonds is 7. The number of benzene rings is 3. The number of para-hydroxylation sites is 1. The maximum Gasteiger partial charge on any atom is 0.238 e. The van der Waals surface area contributed by atoms with E-state index in [9.17, 15) is 9.59 Å². The molecule has 4 rings (SSSR count). The number of nitrogens with zero attached hydrogens (tertiary/aromatic N) is 2. The monoisotopic (exact) mass is 459 g/mol. The van der Waals surface area contributed by atoms with Crippen molar-refractivity contribution in [3.63, 3.8) is 0 Å². The first-order valence-corrected chi connectivity index (χ1v) is 11.6. The molecule has 1 aliphatic heterocycles. The highest BCUT2D eigenvalue weighted by atomic mass is 32.2. The number of ether oxygens (including phenoxy) is 1. The molecule has 0 spiro atoms. The molecule has 7 heteroatoms. The molecule has 1 unspecified atom stereocenters. The Bertz CT molecular complexity index is 1140. The summed E-state index contributed by atoms with van der Waals surface area (Å²) < 4.78 is 5.22. The van der Waals surface area contributed by atoms with E-state index in [1.54, 1.807) is 30.2 Å². The summed E-state index contributed by atoms with van der Waals surface area (Å²) in [4.78, 5) is 32.5. The van der Waals surface area contributed by atoms with Gasteiger partial charge in [0.15, 0.2) is 5.17 Å². The van der Waals surface area contributed by atoms with Gasteiger partial charge in [-0.2, -0.15) is 0 Å². The molecule has 1 N–H and O–H groups in total. The highest BCUT2D eigenvalue weighted by Crippen LogP contribution is 2.30. The van der Waals surface area contributed by atoms with Crippen molar-refractivity contribution in [2.75, 3.05) is 19.0 Å². The minimum atomic E-state index is -0.570. The van der Waals surface area contributed by atoms with Gasteiger partial charge in [0.05, 0.1) is 12.8 Å². The van der Waals surface area contributed by atoms with Crippen LogP contribution in [0.15, 0.2) is 89.9 Å². The topological polar surface area (TPSA) is 71.0 Å². The number of thioether (sulfide) groups is 1. The maximum absolute atomic E-state index is 13.1. The highest BCUT2D eigenvalue weighted by molar-refractivity contribution is 8.15. The van der Waals surface area contributed by atoms with Gasteiger partial charge in [-0.1, -0.05) is 66.4 Å². The number of aliphatic imine (C=N–C) groups is 1. The van der Waals surface area contributed by atoms with Crippen LogP contribution < -0.4 is 10.1 Å². The summed E-state index contributed by atoms with van der Waals surface area (Å²) in [6.07, 6.45) is 0.824. The van der Waals surface area contributed by atoms with Gasteiger partial charge in [0.1, 0.15) is 11.0 Å². The molecular formula is C26H25N3O3S. The molecule has 0 aliphatic carbocycles. The number of carbonyl (C=O) groups is 2. The van der Waals surface area contributed by atoms with Crippen LogP contribution in [-0.2, 0) is 16.0 Å². The molecule has 0 radical (unpaired) electrons. The van der Waals surface area contributed by atoms with Gasteiger partial charge >= 0.3 is 0 Å². The molecule has 1 heterocycles. The van der Waals surface area contributed by atoms with Crippen LogP contribution in [0.2, 0.25) is 0 Å². The van der Waals surface area contributed by atoms with E-state index in [0.717, 1.165) is 11.3 Å². The Morgan fingerprint density at radius 2 is 1.79 bits per heavy atom. The molecule has 1 atom stereocenters. The van der Waals surface area contributed by atoms with E-state index in [4.69, 9.17) is 9.73 Å². The van der Waals surface area contributed by atoms with Gasteiger partial charge in [-0.05, 0) is 36.2 Å². The van der Waals surface area contributed by atoms with E-state index in [2.05, 4.69) is 5.32 Å². The Kier molecular flexibility index (Phi) is 7.42. The van der Waals surface area contributed by atoms with E-state index in [0.29, 0.717) is 29.6 Å². The van der Waals surface area contributed by atoms with Crippen LogP contribution in [0.4, 0.5) is 11.4 Å². The van der Waals surface area contributed by atoms with E-state index >= 15 is 0 Å². The number of methoxy groups -OCH3 is 1. The zero-order chi connectivity index (χ0) is 23.0. The number of anilines is 1. The molecule has 3 aromatic rings. The van der Waals surface area contributed by atoms with Crippen LogP contribution in [0.1, 0.15) is 12.0 Å². The summed E-state index contributed by atoms with van der Waals surface area (Å²) in [6.45, 7) is 0.506. The first kappa shape index (κ1) is 22.6. The predicted molar refractivity (Wildman–Crippen MR) is 133 cm³/mol. The normalized spacial score (nSPS) is 17.1. The third-order valence-electron chi connectivity index (χ3n) is 5.22. The Morgan fingerprint density at radius 1 is 1.06 bits per heavy atom. The Balaban J connectivity index is 1.53. The van der Waals surface area contributed by atoms with Crippen molar-refractivity contribution in [2.24, 2.45) is 4.99 Å². The first-order valence-electron chi connectivity index (χ1n) is 10.7. The van der Waals surface area contributed by atoms with Crippen LogP contribution >= 0.6 is 11.8 Å². The molecule has 1 fully saturated rings. The summed E-state index contributed by atoms with van der Waals surface area (Å²) >= 11 is 1.32. The van der Waals surface area contributed by atoms with Gasteiger partial charge in [-0.25, -0.2) is 4.99 Å². The van der Waals surface area contributed by atoms with Crippen molar-refractivity contribution >= 4 is 40.1 Å². The lowest BCUT2D eigenvalue weighted by molar-refractivity contribution is -0.129. The number of amides is 2. The molecule has 1 aliphatic rings. The van der Waals surface area contributed by atoms with Gasteiger partial charge in [-0.3, -0.25) is 14.5 Å². The fourth-order valence-electron chi connectivity index (χ4n) is 3.48. The fourth-order valence-corrected chi connectivity index (χ4v) is 4.61. The molecular weight excluding hydrogens is 434 g/mol. The highest BCUT2D eigenvalue weighted by Gasteiger charge is 2.35. The summed E-state index contributed by atoms with van der Waals surface area (Å²) in [6, 6.07) is 26.7. The zero-order valence-electron chi connectivity index (χ0n) is 18.3. The van der Waals surface area contributed by atoms with Crippen molar-refractivity contribution < 1.29 is 14.3 Å². The van der Waals surface area contributed by atoms with E-state index in [-0.39, 0.29) is 18.2 Å². The standard InChI is InChI=1S/C26H25N3O3S/c1-32-22-14-8-13-21(17-22)27-25(31)23-18-24(30)29(16-15-19-9-4-2-5-10-19)26(33-23)28-20-11-6-3-7-12-20/h2-14,17,23H,15-16,18H2,1H3,(H,27,31). The van der Waals surface area contributed by atoms with Crippen LogP contribution in [0.25, 0.3) is 0 Å². The molecule has 2 amide bonds. The van der Waals surface area contributed by atoms with Crippen LogP contribution in [-0.4, -0.2) is 40.8 Å². The second kappa shape index (κ2) is 10.8. The van der Waals surface area contributed by atoms with Crippen LogP contribution in [0.5, 0.6) is 5.75 Å². The predicted octanol–water partition coefficient (Wildman–Crippen LogP) is 4.90. The summed E-state index contributed by atoms with van der Waals surface area (Å²) in [5.41, 5.74) is 2.51. The maximum atomic E-state index is 13.1. The third-order valence-corrected chi connectivity index (χ3v) is 6.40. The minimum absolute atomic E-state index is 0.106. The third kappa shape index (κ3) is 6.02. The van der Waals surface area contributed by atoms with Gasteiger partial charge in [0.25, 0.3) is 0 Å². The molecule has 0 saturated carbocycles. The lowest BCUT2D eigenvalue weighted by Crippen LogP contribution is -2.46. The van der Waals surface area contributed by atoms with Crippen molar-refractivity contribution in [3.8, 4) is 5.75 Å². The van der Waals surface area contributed by atoms with Crippen molar-refractivity contribution in [2.45, 2.75) is 18.1 Å². The lowest BCUT2D eigenvalue weighted by atomic mass is 10.1. The van der Waals surface area contributed by atoms with Crippen molar-refractivity contribution in [1.82, 2.24) is 4.90 Å². The SMILES string of the molecule is COc1cccc(NC(=O)C2CC(=O)N(CCc3ccccc3)C(=Nc3ccccc3)S2)c1. The quantitative estimate of drug-likeness (QED) is 0.546.